The van der Waals surface area contributed by atoms with E-state index in [-0.39, 0.29) is 17.4 Å². The number of rotatable bonds is 3. The van der Waals surface area contributed by atoms with E-state index >= 15 is 0 Å². The zero-order valence-electron chi connectivity index (χ0n) is 8.43. The number of esters is 1. The minimum Gasteiger partial charge on any atom is -0.476 e. The maximum absolute atomic E-state index is 11.5. The van der Waals surface area contributed by atoms with Crippen LogP contribution in [0.3, 0.4) is 0 Å². The van der Waals surface area contributed by atoms with Gasteiger partial charge in [-0.05, 0) is 26.0 Å². The van der Waals surface area contributed by atoms with Crippen LogP contribution in [0.15, 0.2) is 18.3 Å². The SMILES string of the molecule is CC(C)OC(=O)c1cccnc1C(=O)O. The minimum absolute atomic E-state index is 0.0290. The first-order valence-corrected chi connectivity index (χ1v) is 4.41. The summed E-state index contributed by atoms with van der Waals surface area (Å²) in [6.07, 6.45) is 1.02. The molecule has 0 radical (unpaired) electrons. The number of carbonyl (C=O) groups excluding carboxylic acids is 1. The summed E-state index contributed by atoms with van der Waals surface area (Å²) in [4.78, 5) is 25.8. The number of carboxylic acids is 1. The summed E-state index contributed by atoms with van der Waals surface area (Å²) in [5.74, 6) is -1.91. The fourth-order valence-corrected chi connectivity index (χ4v) is 1.02. The van der Waals surface area contributed by atoms with E-state index in [0.717, 1.165) is 0 Å². The van der Waals surface area contributed by atoms with Crippen LogP contribution < -0.4 is 0 Å². The highest BCUT2D eigenvalue weighted by Gasteiger charge is 2.19. The Morgan fingerprint density at radius 2 is 2.13 bits per heavy atom. The molecular weight excluding hydrogens is 198 g/mol. The third-order valence-electron chi connectivity index (χ3n) is 1.57. The normalized spacial score (nSPS) is 10.1. The average Bonchev–Trinajstić information content (AvgIpc) is 2.16. The molecule has 5 heteroatoms. The fraction of sp³-hybridized carbons (Fsp3) is 0.300. The molecule has 1 aromatic heterocycles. The number of nitrogens with zero attached hydrogens (tertiary/aromatic N) is 1. The highest BCUT2D eigenvalue weighted by molar-refractivity contribution is 6.00. The third kappa shape index (κ3) is 2.77. The Kier molecular flexibility index (Phi) is 3.38. The lowest BCUT2D eigenvalue weighted by Gasteiger charge is -2.08. The standard InChI is InChI=1S/C10H11NO4/c1-6(2)15-10(14)7-4-3-5-11-8(7)9(12)13/h3-6H,1-2H3,(H,12,13). The molecule has 80 valence electrons. The number of hydrogen-bond acceptors (Lipinski definition) is 4. The van der Waals surface area contributed by atoms with E-state index in [9.17, 15) is 9.59 Å². The van der Waals surface area contributed by atoms with Gasteiger partial charge in [0.25, 0.3) is 0 Å². The van der Waals surface area contributed by atoms with Gasteiger partial charge in [0.2, 0.25) is 0 Å². The molecule has 0 saturated heterocycles. The molecule has 0 spiro atoms. The van der Waals surface area contributed by atoms with Crippen LogP contribution in [0.1, 0.15) is 34.7 Å². The lowest BCUT2D eigenvalue weighted by molar-refractivity contribution is 0.0370. The van der Waals surface area contributed by atoms with Gasteiger partial charge in [-0.1, -0.05) is 0 Å². The Bertz CT molecular complexity index is 387. The fourth-order valence-electron chi connectivity index (χ4n) is 1.02. The van der Waals surface area contributed by atoms with E-state index in [1.54, 1.807) is 13.8 Å². The molecule has 0 aliphatic carbocycles. The van der Waals surface area contributed by atoms with Crippen LogP contribution in [0, 0.1) is 0 Å². The predicted octanol–water partition coefficient (Wildman–Crippen LogP) is 1.34. The molecule has 5 nitrogen and oxygen atoms in total. The van der Waals surface area contributed by atoms with Gasteiger partial charge in [0.1, 0.15) is 0 Å². The minimum atomic E-state index is -1.24. The van der Waals surface area contributed by atoms with E-state index < -0.39 is 11.9 Å². The van der Waals surface area contributed by atoms with Crippen LogP contribution in [0.5, 0.6) is 0 Å². The molecule has 1 rings (SSSR count). The van der Waals surface area contributed by atoms with Crippen molar-refractivity contribution in [3.05, 3.63) is 29.6 Å². The lowest BCUT2D eigenvalue weighted by atomic mass is 10.2. The molecule has 0 saturated carbocycles. The topological polar surface area (TPSA) is 76.5 Å². The molecule has 0 fully saturated rings. The zero-order chi connectivity index (χ0) is 11.4. The maximum Gasteiger partial charge on any atom is 0.355 e. The van der Waals surface area contributed by atoms with Crippen molar-refractivity contribution in [2.24, 2.45) is 0 Å². The molecule has 0 amide bonds. The van der Waals surface area contributed by atoms with Gasteiger partial charge in [0, 0.05) is 6.20 Å². The van der Waals surface area contributed by atoms with Crippen LogP contribution in [0.25, 0.3) is 0 Å². The second kappa shape index (κ2) is 4.54. The quantitative estimate of drug-likeness (QED) is 0.760. The molecule has 1 heterocycles. The highest BCUT2D eigenvalue weighted by atomic mass is 16.5. The number of aromatic carboxylic acids is 1. The number of ether oxygens (including phenoxy) is 1. The largest absolute Gasteiger partial charge is 0.476 e. The van der Waals surface area contributed by atoms with E-state index in [1.165, 1.54) is 18.3 Å². The number of pyridine rings is 1. The van der Waals surface area contributed by atoms with Gasteiger partial charge in [0.05, 0.1) is 11.7 Å². The van der Waals surface area contributed by atoms with E-state index in [1.807, 2.05) is 0 Å². The van der Waals surface area contributed by atoms with E-state index in [2.05, 4.69) is 4.98 Å². The van der Waals surface area contributed by atoms with Crippen LogP contribution in [-0.2, 0) is 4.74 Å². The first-order valence-electron chi connectivity index (χ1n) is 4.41. The van der Waals surface area contributed by atoms with Crippen LogP contribution in [0.4, 0.5) is 0 Å². The Morgan fingerprint density at radius 3 is 2.67 bits per heavy atom. The summed E-state index contributed by atoms with van der Waals surface area (Å²) < 4.78 is 4.88. The molecule has 0 bridgehead atoms. The Balaban J connectivity index is 3.03. The predicted molar refractivity (Wildman–Crippen MR) is 51.7 cm³/mol. The van der Waals surface area contributed by atoms with Crippen molar-refractivity contribution < 1.29 is 19.4 Å². The van der Waals surface area contributed by atoms with Crippen molar-refractivity contribution in [1.82, 2.24) is 4.98 Å². The van der Waals surface area contributed by atoms with Crippen molar-refractivity contribution >= 4 is 11.9 Å². The summed E-state index contributed by atoms with van der Waals surface area (Å²) >= 11 is 0. The first-order chi connectivity index (χ1) is 7.02. The molecule has 1 N–H and O–H groups in total. The zero-order valence-corrected chi connectivity index (χ0v) is 8.43. The summed E-state index contributed by atoms with van der Waals surface area (Å²) in [5, 5.41) is 8.78. The molecule has 0 atom stereocenters. The maximum atomic E-state index is 11.5. The monoisotopic (exact) mass is 209 g/mol. The second-order valence-electron chi connectivity index (χ2n) is 3.16. The summed E-state index contributed by atoms with van der Waals surface area (Å²) in [6.45, 7) is 3.38. The Hall–Kier alpha value is -1.91. The van der Waals surface area contributed by atoms with Crippen molar-refractivity contribution in [3.63, 3.8) is 0 Å². The molecule has 1 aromatic rings. The summed E-state index contributed by atoms with van der Waals surface area (Å²) in [6, 6.07) is 2.87. The lowest BCUT2D eigenvalue weighted by Crippen LogP contribution is -2.16. The molecule has 0 aromatic carbocycles. The number of carboxylic acid groups (broad SMARTS) is 1. The van der Waals surface area contributed by atoms with Crippen molar-refractivity contribution in [2.75, 3.05) is 0 Å². The number of aromatic nitrogens is 1. The van der Waals surface area contributed by atoms with Gasteiger partial charge in [-0.15, -0.1) is 0 Å². The summed E-state index contributed by atoms with van der Waals surface area (Å²) in [5.41, 5.74) is -0.318. The third-order valence-corrected chi connectivity index (χ3v) is 1.57. The van der Waals surface area contributed by atoms with Gasteiger partial charge in [-0.25, -0.2) is 14.6 Å². The van der Waals surface area contributed by atoms with Gasteiger partial charge < -0.3 is 9.84 Å². The van der Waals surface area contributed by atoms with Crippen LogP contribution in [-0.4, -0.2) is 28.1 Å². The van der Waals surface area contributed by atoms with Gasteiger partial charge in [-0.2, -0.15) is 0 Å². The summed E-state index contributed by atoms with van der Waals surface area (Å²) in [7, 11) is 0. The Morgan fingerprint density at radius 1 is 1.47 bits per heavy atom. The average molecular weight is 209 g/mol. The molecule has 0 aliphatic heterocycles. The van der Waals surface area contributed by atoms with Crippen LogP contribution in [0.2, 0.25) is 0 Å². The van der Waals surface area contributed by atoms with E-state index in [0.29, 0.717) is 0 Å². The van der Waals surface area contributed by atoms with Crippen molar-refractivity contribution in [1.29, 1.82) is 0 Å². The molecule has 0 aliphatic rings. The first kappa shape index (κ1) is 11.2. The van der Waals surface area contributed by atoms with E-state index in [4.69, 9.17) is 9.84 Å². The smallest absolute Gasteiger partial charge is 0.355 e. The highest BCUT2D eigenvalue weighted by Crippen LogP contribution is 2.08. The Labute approximate surface area is 86.7 Å². The van der Waals surface area contributed by atoms with Crippen LogP contribution >= 0.6 is 0 Å². The number of carbonyl (C=O) groups is 2. The number of hydrogen-bond donors (Lipinski definition) is 1. The molecular formula is C10H11NO4. The van der Waals surface area contributed by atoms with Gasteiger partial charge in [0.15, 0.2) is 5.69 Å². The molecule has 0 unspecified atom stereocenters. The van der Waals surface area contributed by atoms with Gasteiger partial charge in [-0.3, -0.25) is 0 Å². The van der Waals surface area contributed by atoms with Crippen molar-refractivity contribution in [2.45, 2.75) is 20.0 Å². The van der Waals surface area contributed by atoms with Crippen molar-refractivity contribution in [3.8, 4) is 0 Å². The molecule has 15 heavy (non-hydrogen) atoms. The second-order valence-corrected chi connectivity index (χ2v) is 3.16. The van der Waals surface area contributed by atoms with Gasteiger partial charge >= 0.3 is 11.9 Å².